The summed E-state index contributed by atoms with van der Waals surface area (Å²) in [6.07, 6.45) is 1.06. The standard InChI is InChI=1S/C17H26Cl2O2/c1-13(2)17(3,4)8-9-20-10-11-21-12-14-15(18)6-5-7-16(14)19/h5-7,13H,8-12H2,1-4H3. The molecule has 1 aromatic rings. The SMILES string of the molecule is CC(C)C(C)(C)CCOCCOCc1c(Cl)cccc1Cl. The van der Waals surface area contributed by atoms with E-state index in [2.05, 4.69) is 27.7 Å². The van der Waals surface area contributed by atoms with Crippen molar-refractivity contribution >= 4 is 23.2 Å². The summed E-state index contributed by atoms with van der Waals surface area (Å²) in [7, 11) is 0. The van der Waals surface area contributed by atoms with Crippen molar-refractivity contribution in [2.24, 2.45) is 11.3 Å². The van der Waals surface area contributed by atoms with Crippen molar-refractivity contribution in [2.45, 2.75) is 40.7 Å². The van der Waals surface area contributed by atoms with E-state index in [1.807, 2.05) is 18.2 Å². The van der Waals surface area contributed by atoms with Crippen LogP contribution in [-0.4, -0.2) is 19.8 Å². The minimum Gasteiger partial charge on any atom is -0.379 e. The van der Waals surface area contributed by atoms with Crippen molar-refractivity contribution in [2.75, 3.05) is 19.8 Å². The first-order valence-electron chi connectivity index (χ1n) is 7.43. The van der Waals surface area contributed by atoms with Crippen molar-refractivity contribution < 1.29 is 9.47 Å². The van der Waals surface area contributed by atoms with Gasteiger partial charge in [-0.25, -0.2) is 0 Å². The Kier molecular flexibility index (Phi) is 8.04. The van der Waals surface area contributed by atoms with Gasteiger partial charge in [-0.2, -0.15) is 0 Å². The van der Waals surface area contributed by atoms with E-state index in [-0.39, 0.29) is 0 Å². The molecule has 0 unspecified atom stereocenters. The molecule has 21 heavy (non-hydrogen) atoms. The molecule has 0 spiro atoms. The van der Waals surface area contributed by atoms with E-state index < -0.39 is 0 Å². The van der Waals surface area contributed by atoms with Crippen LogP contribution >= 0.6 is 23.2 Å². The molecule has 0 atom stereocenters. The van der Waals surface area contributed by atoms with Crippen molar-refractivity contribution in [3.05, 3.63) is 33.8 Å². The minimum atomic E-state index is 0.311. The first-order valence-corrected chi connectivity index (χ1v) is 8.18. The molecule has 2 nitrogen and oxygen atoms in total. The highest BCUT2D eigenvalue weighted by atomic mass is 35.5. The molecule has 120 valence electrons. The van der Waals surface area contributed by atoms with E-state index in [4.69, 9.17) is 32.7 Å². The van der Waals surface area contributed by atoms with E-state index in [1.165, 1.54) is 0 Å². The fraction of sp³-hybridized carbons (Fsp3) is 0.647. The first kappa shape index (κ1) is 18.8. The molecular formula is C17H26Cl2O2. The highest BCUT2D eigenvalue weighted by Crippen LogP contribution is 2.29. The lowest BCUT2D eigenvalue weighted by atomic mass is 9.79. The summed E-state index contributed by atoms with van der Waals surface area (Å²) >= 11 is 12.2. The summed E-state index contributed by atoms with van der Waals surface area (Å²) in [5.41, 5.74) is 1.15. The number of ether oxygens (including phenoxy) is 2. The lowest BCUT2D eigenvalue weighted by molar-refractivity contribution is 0.0267. The van der Waals surface area contributed by atoms with Crippen molar-refractivity contribution in [3.63, 3.8) is 0 Å². The van der Waals surface area contributed by atoms with E-state index >= 15 is 0 Å². The molecule has 1 rings (SSSR count). The van der Waals surface area contributed by atoms with Gasteiger partial charge >= 0.3 is 0 Å². The van der Waals surface area contributed by atoms with Gasteiger partial charge in [0.15, 0.2) is 0 Å². The average Bonchev–Trinajstić information content (AvgIpc) is 2.40. The number of hydrogen-bond donors (Lipinski definition) is 0. The van der Waals surface area contributed by atoms with Crippen LogP contribution in [0.2, 0.25) is 10.0 Å². The smallest absolute Gasteiger partial charge is 0.0747 e. The Bertz CT molecular complexity index is 411. The number of halogens is 2. The zero-order chi connectivity index (χ0) is 15.9. The van der Waals surface area contributed by atoms with Crippen LogP contribution in [0.15, 0.2) is 18.2 Å². The molecule has 0 aliphatic rings. The molecule has 4 heteroatoms. The quantitative estimate of drug-likeness (QED) is 0.548. The molecule has 0 bridgehead atoms. The number of benzene rings is 1. The summed E-state index contributed by atoms with van der Waals surface area (Å²) in [6.45, 7) is 11.4. The minimum absolute atomic E-state index is 0.311. The van der Waals surface area contributed by atoms with E-state index in [0.29, 0.717) is 41.2 Å². The summed E-state index contributed by atoms with van der Waals surface area (Å²) in [5.74, 6) is 0.653. The van der Waals surface area contributed by atoms with Gasteiger partial charge in [-0.3, -0.25) is 0 Å². The second-order valence-electron chi connectivity index (χ2n) is 6.26. The van der Waals surface area contributed by atoms with Crippen molar-refractivity contribution in [1.82, 2.24) is 0 Å². The van der Waals surface area contributed by atoms with Crippen LogP contribution in [0.4, 0.5) is 0 Å². The van der Waals surface area contributed by atoms with Crippen molar-refractivity contribution in [1.29, 1.82) is 0 Å². The van der Waals surface area contributed by atoms with Gasteiger partial charge in [0, 0.05) is 22.2 Å². The van der Waals surface area contributed by atoms with Gasteiger partial charge in [-0.05, 0) is 29.9 Å². The third-order valence-corrected chi connectivity index (χ3v) is 4.84. The molecule has 0 saturated heterocycles. The largest absolute Gasteiger partial charge is 0.379 e. The molecule has 0 aromatic heterocycles. The lowest BCUT2D eigenvalue weighted by Crippen LogP contribution is -2.21. The van der Waals surface area contributed by atoms with E-state index in [1.54, 1.807) is 0 Å². The summed E-state index contributed by atoms with van der Waals surface area (Å²) in [6, 6.07) is 5.46. The van der Waals surface area contributed by atoms with Gasteiger partial charge in [0.05, 0.1) is 19.8 Å². The zero-order valence-electron chi connectivity index (χ0n) is 13.4. The molecule has 0 heterocycles. The van der Waals surface area contributed by atoms with Gasteiger partial charge in [0.25, 0.3) is 0 Å². The van der Waals surface area contributed by atoms with Gasteiger partial charge < -0.3 is 9.47 Å². The number of rotatable bonds is 9. The molecule has 0 N–H and O–H groups in total. The van der Waals surface area contributed by atoms with Crippen LogP contribution in [0.1, 0.15) is 39.7 Å². The normalized spacial score (nSPS) is 12.1. The van der Waals surface area contributed by atoms with Crippen molar-refractivity contribution in [3.8, 4) is 0 Å². The third-order valence-electron chi connectivity index (χ3n) is 4.13. The maximum absolute atomic E-state index is 6.08. The van der Waals surface area contributed by atoms with Crippen LogP contribution in [0.25, 0.3) is 0 Å². The van der Waals surface area contributed by atoms with Crippen LogP contribution in [-0.2, 0) is 16.1 Å². The molecule has 0 radical (unpaired) electrons. The third kappa shape index (κ3) is 6.56. The Morgan fingerprint density at radius 2 is 1.57 bits per heavy atom. The Balaban J connectivity index is 2.16. The Morgan fingerprint density at radius 1 is 1.00 bits per heavy atom. The topological polar surface area (TPSA) is 18.5 Å². The molecule has 1 aromatic carbocycles. The van der Waals surface area contributed by atoms with Crippen LogP contribution in [0.3, 0.4) is 0 Å². The van der Waals surface area contributed by atoms with Gasteiger partial charge in [0.1, 0.15) is 0 Å². The second kappa shape index (κ2) is 8.99. The van der Waals surface area contributed by atoms with Crippen LogP contribution in [0.5, 0.6) is 0 Å². The summed E-state index contributed by atoms with van der Waals surface area (Å²) < 4.78 is 11.2. The highest BCUT2D eigenvalue weighted by molar-refractivity contribution is 6.35. The Labute approximate surface area is 138 Å². The fourth-order valence-corrected chi connectivity index (χ4v) is 2.19. The predicted octanol–water partition coefficient (Wildman–Crippen LogP) is 5.60. The molecular weight excluding hydrogens is 307 g/mol. The molecule has 0 fully saturated rings. The molecule has 0 amide bonds. The number of hydrogen-bond acceptors (Lipinski definition) is 2. The first-order chi connectivity index (χ1) is 9.84. The van der Waals surface area contributed by atoms with Gasteiger partial charge in [-0.1, -0.05) is 57.0 Å². The summed E-state index contributed by atoms with van der Waals surface area (Å²) in [4.78, 5) is 0. The van der Waals surface area contributed by atoms with E-state index in [9.17, 15) is 0 Å². The monoisotopic (exact) mass is 332 g/mol. The predicted molar refractivity (Wildman–Crippen MR) is 90.2 cm³/mol. The molecule has 0 aliphatic heterocycles. The maximum atomic E-state index is 6.08. The van der Waals surface area contributed by atoms with Crippen LogP contribution < -0.4 is 0 Å². The van der Waals surface area contributed by atoms with Crippen LogP contribution in [0, 0.1) is 11.3 Å². The Hall–Kier alpha value is -0.280. The maximum Gasteiger partial charge on any atom is 0.0747 e. The zero-order valence-corrected chi connectivity index (χ0v) is 14.9. The average molecular weight is 333 g/mol. The second-order valence-corrected chi connectivity index (χ2v) is 7.07. The van der Waals surface area contributed by atoms with Gasteiger partial charge in [-0.15, -0.1) is 0 Å². The lowest BCUT2D eigenvalue weighted by Gasteiger charge is -2.28. The molecule has 0 aliphatic carbocycles. The van der Waals surface area contributed by atoms with Gasteiger partial charge in [0.2, 0.25) is 0 Å². The summed E-state index contributed by atoms with van der Waals surface area (Å²) in [5, 5.41) is 1.28. The fourth-order valence-electron chi connectivity index (χ4n) is 1.69. The van der Waals surface area contributed by atoms with E-state index in [0.717, 1.165) is 18.6 Å². The molecule has 0 saturated carbocycles. The highest BCUT2D eigenvalue weighted by Gasteiger charge is 2.21. The Morgan fingerprint density at radius 3 is 2.14 bits per heavy atom.